The third-order valence-electron chi connectivity index (χ3n) is 11.3. The number of rotatable bonds is 31. The Bertz CT molecular complexity index is 1080. The van der Waals surface area contributed by atoms with Crippen LogP contribution in [0.25, 0.3) is 0 Å². The summed E-state index contributed by atoms with van der Waals surface area (Å²) >= 11 is 0. The van der Waals surface area contributed by atoms with Crippen LogP contribution in [0.1, 0.15) is 204 Å². The van der Waals surface area contributed by atoms with Crippen molar-refractivity contribution in [1.29, 1.82) is 0 Å². The predicted molar refractivity (Wildman–Crippen MR) is 221 cm³/mol. The first-order chi connectivity index (χ1) is 24.2. The lowest BCUT2D eigenvalue weighted by Crippen LogP contribution is -2.41. The topological polar surface area (TPSA) is 162 Å². The number of aliphatic hydroxyl groups excluding tert-OH is 2. The lowest BCUT2D eigenvalue weighted by molar-refractivity contribution is -0.0866. The molecule has 8 nitrogen and oxygen atoms in total. The molecule has 0 aromatic heterocycles. The maximum atomic E-state index is 11.0. The minimum Gasteiger partial charge on any atom is -0.394 e. The van der Waals surface area contributed by atoms with Gasteiger partial charge >= 0.3 is 0 Å². The summed E-state index contributed by atoms with van der Waals surface area (Å²) in [7, 11) is 0. The van der Waals surface area contributed by atoms with Crippen LogP contribution in [-0.4, -0.2) is 87.2 Å². The van der Waals surface area contributed by atoms with Crippen LogP contribution >= 0.6 is 0 Å². The van der Waals surface area contributed by atoms with E-state index in [0.29, 0.717) is 89.9 Å². The van der Waals surface area contributed by atoms with E-state index in [1.807, 2.05) is 34.6 Å². The summed E-state index contributed by atoms with van der Waals surface area (Å²) in [5.41, 5.74) is -1.56. The van der Waals surface area contributed by atoms with E-state index >= 15 is 0 Å². The summed E-state index contributed by atoms with van der Waals surface area (Å²) in [6.07, 6.45) is 20.1. The van der Waals surface area contributed by atoms with Gasteiger partial charge in [-0.25, -0.2) is 0 Å². The normalized spacial score (nSPS) is 20.3. The molecule has 0 spiro atoms. The van der Waals surface area contributed by atoms with Gasteiger partial charge in [-0.3, -0.25) is 0 Å². The first kappa shape index (κ1) is 51.9. The number of aliphatic hydroxyl groups is 8. The minimum atomic E-state index is -1.30. The van der Waals surface area contributed by atoms with E-state index in [9.17, 15) is 35.7 Å². The largest absolute Gasteiger partial charge is 0.394 e. The molecule has 0 fully saturated rings. The maximum absolute atomic E-state index is 11.0. The Balaban J connectivity index is 4.37. The van der Waals surface area contributed by atoms with Crippen molar-refractivity contribution in [2.75, 3.05) is 6.61 Å². The van der Waals surface area contributed by atoms with Gasteiger partial charge in [0.25, 0.3) is 0 Å². The second-order valence-electron chi connectivity index (χ2n) is 18.8. The molecule has 0 aliphatic carbocycles. The summed E-state index contributed by atoms with van der Waals surface area (Å²) in [5, 5.41) is 83.6. The smallest absolute Gasteiger partial charge is 0.105 e. The second-order valence-corrected chi connectivity index (χ2v) is 18.8. The molecule has 0 aliphatic heterocycles. The molecule has 0 aliphatic rings. The second kappa shape index (κ2) is 24.5. The van der Waals surface area contributed by atoms with E-state index in [4.69, 9.17) is 5.11 Å². The molecule has 0 aromatic rings. The van der Waals surface area contributed by atoms with Crippen LogP contribution in [0.4, 0.5) is 0 Å². The summed E-state index contributed by atoms with van der Waals surface area (Å²) in [6.45, 7) is 18.7. The van der Waals surface area contributed by atoms with Gasteiger partial charge in [0.15, 0.2) is 0 Å². The molecule has 0 saturated heterocycles. The van der Waals surface area contributed by atoms with Gasteiger partial charge < -0.3 is 40.9 Å². The average molecular weight is 755 g/mol. The lowest BCUT2D eigenvalue weighted by atomic mass is 9.84. The summed E-state index contributed by atoms with van der Waals surface area (Å²) in [6, 6.07) is 0. The van der Waals surface area contributed by atoms with Crippen LogP contribution < -0.4 is 0 Å². The van der Waals surface area contributed by atoms with E-state index in [1.54, 1.807) is 6.92 Å². The maximum Gasteiger partial charge on any atom is 0.105 e. The predicted octanol–water partition coefficient (Wildman–Crippen LogP) is 8.90. The molecule has 0 heterocycles. The summed E-state index contributed by atoms with van der Waals surface area (Å²) < 4.78 is 0. The molecule has 0 radical (unpaired) electrons. The standard InChI is InChI=1S/C45H86O8/c1-36(2)19-12-24-40(5,48)26-15-28-42(7,50)30-17-32-44(9,52)33-18-31-43(8,51)29-16-27-41(6,49)25-13-22-37(3)20-11-21-38(4)23-14-34-45(10,53)39(47)35-46/h19-20,23,39,46-53H,11-18,21-22,24-35H2,1-10H3. The molecule has 0 aromatic carbocycles. The molecule has 0 rings (SSSR count). The lowest BCUT2D eigenvalue weighted by Gasteiger charge is -2.30. The quantitative estimate of drug-likeness (QED) is 0.0326. The SMILES string of the molecule is CC(C)=CCCC(C)(O)CCCC(C)(O)CCCC(C)(O)CCCC(C)(O)CCCC(C)(O)CCCC(C)=CCCC(C)=CCCC(C)(O)C(O)CO. The highest BCUT2D eigenvalue weighted by atomic mass is 16.4. The van der Waals surface area contributed by atoms with Crippen molar-refractivity contribution >= 4 is 0 Å². The molecule has 314 valence electrons. The van der Waals surface area contributed by atoms with Crippen molar-refractivity contribution in [2.45, 2.75) is 244 Å². The Kier molecular flexibility index (Phi) is 24.0. The minimum absolute atomic E-state index is 0.390. The molecule has 53 heavy (non-hydrogen) atoms. The average Bonchev–Trinajstić information content (AvgIpc) is 2.99. The van der Waals surface area contributed by atoms with Gasteiger partial charge in [0.05, 0.1) is 40.2 Å². The summed E-state index contributed by atoms with van der Waals surface area (Å²) in [5.74, 6) is 0. The third-order valence-corrected chi connectivity index (χ3v) is 11.3. The van der Waals surface area contributed by atoms with E-state index < -0.39 is 46.3 Å². The van der Waals surface area contributed by atoms with Crippen LogP contribution in [-0.2, 0) is 0 Å². The van der Waals surface area contributed by atoms with Crippen LogP contribution in [0, 0.1) is 0 Å². The highest BCUT2D eigenvalue weighted by Crippen LogP contribution is 2.31. The van der Waals surface area contributed by atoms with Gasteiger partial charge in [-0.15, -0.1) is 0 Å². The van der Waals surface area contributed by atoms with Gasteiger partial charge in [0.1, 0.15) is 6.10 Å². The Hall–Kier alpha value is -1.10. The molecule has 7 unspecified atom stereocenters. The van der Waals surface area contributed by atoms with Gasteiger partial charge in [-0.05, 0) is 204 Å². The van der Waals surface area contributed by atoms with Crippen LogP contribution in [0.15, 0.2) is 34.9 Å². The Morgan fingerprint density at radius 2 is 0.755 bits per heavy atom. The third kappa shape index (κ3) is 28.0. The molecular weight excluding hydrogens is 668 g/mol. The number of allylic oxidation sites excluding steroid dienone is 6. The highest BCUT2D eigenvalue weighted by molar-refractivity contribution is 5.04. The Morgan fingerprint density at radius 3 is 1.13 bits per heavy atom. The van der Waals surface area contributed by atoms with Gasteiger partial charge in [-0.2, -0.15) is 0 Å². The van der Waals surface area contributed by atoms with Crippen molar-refractivity contribution in [2.24, 2.45) is 0 Å². The first-order valence-electron chi connectivity index (χ1n) is 20.8. The van der Waals surface area contributed by atoms with Crippen molar-refractivity contribution in [3.05, 3.63) is 34.9 Å². The van der Waals surface area contributed by atoms with Crippen LogP contribution in [0.3, 0.4) is 0 Å². The van der Waals surface area contributed by atoms with Gasteiger partial charge in [-0.1, -0.05) is 34.9 Å². The van der Waals surface area contributed by atoms with E-state index in [0.717, 1.165) is 44.9 Å². The van der Waals surface area contributed by atoms with Crippen LogP contribution in [0.2, 0.25) is 0 Å². The first-order valence-corrected chi connectivity index (χ1v) is 20.8. The molecular formula is C45H86O8. The molecule has 0 saturated carbocycles. The zero-order valence-electron chi connectivity index (χ0n) is 35.9. The zero-order chi connectivity index (χ0) is 41.0. The zero-order valence-corrected chi connectivity index (χ0v) is 35.9. The summed E-state index contributed by atoms with van der Waals surface area (Å²) in [4.78, 5) is 0. The van der Waals surface area contributed by atoms with Crippen LogP contribution in [0.5, 0.6) is 0 Å². The molecule has 0 bridgehead atoms. The molecule has 7 atom stereocenters. The fraction of sp³-hybridized carbons (Fsp3) is 0.867. The molecule has 8 heteroatoms. The van der Waals surface area contributed by atoms with Gasteiger partial charge in [0, 0.05) is 0 Å². The monoisotopic (exact) mass is 755 g/mol. The molecule has 8 N–H and O–H groups in total. The van der Waals surface area contributed by atoms with Crippen molar-refractivity contribution in [3.63, 3.8) is 0 Å². The fourth-order valence-corrected chi connectivity index (χ4v) is 7.17. The van der Waals surface area contributed by atoms with Crippen molar-refractivity contribution in [1.82, 2.24) is 0 Å². The Morgan fingerprint density at radius 1 is 0.434 bits per heavy atom. The highest BCUT2D eigenvalue weighted by Gasteiger charge is 2.30. The van der Waals surface area contributed by atoms with Crippen molar-refractivity contribution in [3.8, 4) is 0 Å². The van der Waals surface area contributed by atoms with Crippen molar-refractivity contribution < 1.29 is 40.9 Å². The number of hydrogen-bond acceptors (Lipinski definition) is 8. The Labute approximate surface area is 325 Å². The molecule has 0 amide bonds. The fourth-order valence-electron chi connectivity index (χ4n) is 7.17. The van der Waals surface area contributed by atoms with E-state index in [2.05, 4.69) is 45.9 Å². The van der Waals surface area contributed by atoms with E-state index in [-0.39, 0.29) is 0 Å². The number of hydrogen-bond donors (Lipinski definition) is 8. The van der Waals surface area contributed by atoms with Gasteiger partial charge in [0.2, 0.25) is 0 Å². The van der Waals surface area contributed by atoms with E-state index in [1.165, 1.54) is 16.7 Å².